The first-order valence-corrected chi connectivity index (χ1v) is 15.1. The van der Waals surface area contributed by atoms with Crippen LogP contribution in [0.4, 0.5) is 11.5 Å². The van der Waals surface area contributed by atoms with Crippen LogP contribution in [0.2, 0.25) is 0 Å². The maximum Gasteiger partial charge on any atom is 0.319 e. The first-order valence-electron chi connectivity index (χ1n) is 15.1. The Morgan fingerprint density at radius 3 is 2.72 bits per heavy atom. The zero-order valence-electron chi connectivity index (χ0n) is 24.6. The number of hydrogen-bond acceptors (Lipinski definition) is 8. The summed E-state index contributed by atoms with van der Waals surface area (Å²) in [6.45, 7) is 7.00. The summed E-state index contributed by atoms with van der Waals surface area (Å²) in [7, 11) is 2.09. The van der Waals surface area contributed by atoms with Crippen molar-refractivity contribution >= 4 is 34.1 Å². The number of fused-ring (bicyclic) bond motifs is 2. The second-order valence-corrected chi connectivity index (χ2v) is 11.5. The molecule has 0 spiro atoms. The van der Waals surface area contributed by atoms with Crippen LogP contribution in [0, 0.1) is 11.3 Å². The van der Waals surface area contributed by atoms with Gasteiger partial charge < -0.3 is 24.3 Å². The first-order chi connectivity index (χ1) is 21.0. The van der Waals surface area contributed by atoms with E-state index in [4.69, 9.17) is 14.7 Å². The fourth-order valence-electron chi connectivity index (χ4n) is 6.60. The number of likely N-dealkylation sites (tertiary alicyclic amines) is 1. The molecule has 3 aromatic rings. The van der Waals surface area contributed by atoms with Crippen LogP contribution in [0.25, 0.3) is 10.8 Å². The van der Waals surface area contributed by atoms with E-state index in [1.165, 1.54) is 6.08 Å². The van der Waals surface area contributed by atoms with Crippen molar-refractivity contribution in [2.45, 2.75) is 44.2 Å². The van der Waals surface area contributed by atoms with Gasteiger partial charge in [-0.1, -0.05) is 43.0 Å². The Balaban J connectivity index is 1.39. The van der Waals surface area contributed by atoms with Gasteiger partial charge in [0.05, 0.1) is 24.2 Å². The molecule has 0 saturated carbocycles. The van der Waals surface area contributed by atoms with Crippen molar-refractivity contribution in [3.8, 4) is 12.1 Å². The number of likely N-dealkylation sites (N-methyl/N-ethyl adjacent to an activating group) is 1. The predicted octanol–water partition coefficient (Wildman–Crippen LogP) is 3.81. The average molecular weight is 580 g/mol. The molecule has 10 heteroatoms. The van der Waals surface area contributed by atoms with E-state index < -0.39 is 0 Å². The van der Waals surface area contributed by atoms with Crippen molar-refractivity contribution in [3.05, 3.63) is 66.4 Å². The van der Waals surface area contributed by atoms with Crippen LogP contribution in [-0.2, 0) is 11.2 Å². The van der Waals surface area contributed by atoms with Crippen LogP contribution < -0.4 is 14.5 Å². The van der Waals surface area contributed by atoms with Gasteiger partial charge >= 0.3 is 6.01 Å². The average Bonchev–Trinajstić information content (AvgIpc) is 3.37. The number of amides is 2. The molecule has 0 N–H and O–H groups in total. The van der Waals surface area contributed by atoms with Crippen LogP contribution >= 0.6 is 0 Å². The lowest BCUT2D eigenvalue weighted by molar-refractivity contribution is -0.128. The summed E-state index contributed by atoms with van der Waals surface area (Å²) in [4.78, 5) is 44.5. The molecule has 0 bridgehead atoms. The summed E-state index contributed by atoms with van der Waals surface area (Å²) in [6, 6.07) is 16.5. The van der Waals surface area contributed by atoms with Crippen LogP contribution in [0.5, 0.6) is 6.01 Å². The smallest absolute Gasteiger partial charge is 0.319 e. The third kappa shape index (κ3) is 5.65. The quantitative estimate of drug-likeness (QED) is 0.389. The number of benzene rings is 2. The number of rotatable bonds is 7. The van der Waals surface area contributed by atoms with Gasteiger partial charge in [0, 0.05) is 43.2 Å². The molecule has 3 aliphatic heterocycles. The van der Waals surface area contributed by atoms with Crippen LogP contribution in [0.1, 0.15) is 41.7 Å². The fourth-order valence-corrected chi connectivity index (χ4v) is 6.60. The Bertz CT molecular complexity index is 1580. The third-order valence-corrected chi connectivity index (χ3v) is 8.92. The Morgan fingerprint density at radius 2 is 1.93 bits per heavy atom. The molecule has 2 aromatic carbocycles. The van der Waals surface area contributed by atoms with E-state index in [1.807, 2.05) is 35.2 Å². The maximum atomic E-state index is 14.4. The van der Waals surface area contributed by atoms with Crippen LogP contribution in [0.3, 0.4) is 0 Å². The van der Waals surface area contributed by atoms with E-state index in [0.717, 1.165) is 47.8 Å². The van der Waals surface area contributed by atoms with E-state index in [-0.39, 0.29) is 36.3 Å². The molecule has 222 valence electrons. The van der Waals surface area contributed by atoms with Crippen molar-refractivity contribution in [3.63, 3.8) is 0 Å². The molecule has 2 fully saturated rings. The summed E-state index contributed by atoms with van der Waals surface area (Å²) in [5.74, 6) is 0.290. The normalized spacial score (nSPS) is 20.9. The minimum absolute atomic E-state index is 0.176. The molecule has 2 atom stereocenters. The summed E-state index contributed by atoms with van der Waals surface area (Å²) in [5.41, 5.74) is 2.00. The van der Waals surface area contributed by atoms with E-state index >= 15 is 0 Å². The topological polar surface area (TPSA) is 106 Å². The fraction of sp³-hybridized carbons (Fsp3) is 0.424. The largest absolute Gasteiger partial charge is 0.462 e. The van der Waals surface area contributed by atoms with Crippen molar-refractivity contribution in [1.29, 1.82) is 5.26 Å². The monoisotopic (exact) mass is 579 g/mol. The predicted molar refractivity (Wildman–Crippen MR) is 165 cm³/mol. The van der Waals surface area contributed by atoms with Gasteiger partial charge in [0.1, 0.15) is 18.1 Å². The van der Waals surface area contributed by atoms with E-state index in [2.05, 4.69) is 41.6 Å². The van der Waals surface area contributed by atoms with E-state index in [9.17, 15) is 14.9 Å². The highest BCUT2D eigenvalue weighted by atomic mass is 16.5. The molecule has 6 rings (SSSR count). The summed E-state index contributed by atoms with van der Waals surface area (Å²) in [5, 5.41) is 11.6. The highest BCUT2D eigenvalue weighted by Gasteiger charge is 2.35. The third-order valence-electron chi connectivity index (χ3n) is 8.92. The first kappa shape index (κ1) is 28.6. The zero-order valence-corrected chi connectivity index (χ0v) is 24.6. The molecule has 2 unspecified atom stereocenters. The second kappa shape index (κ2) is 12.4. The standard InChI is InChI=1S/C33H37N7O3/c1-3-29(41)39-20-19-38(21-24(39)15-16-34)31-27-13-8-18-40(28-14-6-10-23-9-4-5-12-26(23)28)32(42)30(27)35-33(36-31)43-22-25-11-7-17-37(25)2/h3-6,9-10,12,14,24-25H,1,7-8,11,13,15,17-22H2,2H3. The van der Waals surface area contributed by atoms with Gasteiger partial charge in [-0.3, -0.25) is 9.59 Å². The Labute approximate surface area is 252 Å². The van der Waals surface area contributed by atoms with Crippen molar-refractivity contribution in [2.75, 3.05) is 56.2 Å². The van der Waals surface area contributed by atoms with Crippen LogP contribution in [0.15, 0.2) is 55.1 Å². The van der Waals surface area contributed by atoms with Gasteiger partial charge in [0.25, 0.3) is 5.91 Å². The molecule has 2 saturated heterocycles. The zero-order chi connectivity index (χ0) is 29.9. The molecular formula is C33H37N7O3. The summed E-state index contributed by atoms with van der Waals surface area (Å²) >= 11 is 0. The van der Waals surface area contributed by atoms with E-state index in [1.54, 1.807) is 4.90 Å². The van der Waals surface area contributed by atoms with Gasteiger partial charge in [-0.2, -0.15) is 15.2 Å². The number of nitriles is 1. The Hall–Kier alpha value is -4.49. The lowest BCUT2D eigenvalue weighted by atomic mass is 10.1. The summed E-state index contributed by atoms with van der Waals surface area (Å²) in [6.07, 6.45) is 5.00. The molecule has 1 aromatic heterocycles. The van der Waals surface area contributed by atoms with E-state index in [0.29, 0.717) is 50.7 Å². The number of aromatic nitrogens is 2. The Kier molecular flexibility index (Phi) is 8.25. The minimum Gasteiger partial charge on any atom is -0.462 e. The highest BCUT2D eigenvalue weighted by Crippen LogP contribution is 2.34. The number of carbonyl (C=O) groups excluding carboxylic acids is 2. The van der Waals surface area contributed by atoms with Crippen molar-refractivity contribution in [2.24, 2.45) is 0 Å². The minimum atomic E-state index is -0.319. The van der Waals surface area contributed by atoms with Gasteiger partial charge in [-0.05, 0) is 56.8 Å². The van der Waals surface area contributed by atoms with Crippen LogP contribution in [-0.4, -0.2) is 90.0 Å². The molecule has 43 heavy (non-hydrogen) atoms. The number of anilines is 2. The lowest BCUT2D eigenvalue weighted by Gasteiger charge is -2.41. The molecule has 4 heterocycles. The van der Waals surface area contributed by atoms with Crippen molar-refractivity contribution in [1.82, 2.24) is 19.8 Å². The molecular weight excluding hydrogens is 542 g/mol. The SMILES string of the molecule is C=CC(=O)N1CCN(c2nc(OCC3CCCN3C)nc3c2CCCN(c2cccc4ccccc24)C3=O)CC1CC#N. The molecule has 3 aliphatic rings. The number of hydrogen-bond donors (Lipinski definition) is 0. The molecule has 0 radical (unpaired) electrons. The summed E-state index contributed by atoms with van der Waals surface area (Å²) < 4.78 is 6.22. The lowest BCUT2D eigenvalue weighted by Crippen LogP contribution is -2.55. The number of carbonyl (C=O) groups is 2. The number of piperazine rings is 1. The maximum absolute atomic E-state index is 14.4. The number of ether oxygens (including phenoxy) is 1. The van der Waals surface area contributed by atoms with Gasteiger partial charge in [-0.15, -0.1) is 0 Å². The Morgan fingerprint density at radius 1 is 1.09 bits per heavy atom. The van der Waals surface area contributed by atoms with Gasteiger partial charge in [0.15, 0.2) is 0 Å². The van der Waals surface area contributed by atoms with Crippen molar-refractivity contribution < 1.29 is 14.3 Å². The molecule has 0 aliphatic carbocycles. The highest BCUT2D eigenvalue weighted by molar-refractivity contribution is 6.11. The molecule has 10 nitrogen and oxygen atoms in total. The van der Waals surface area contributed by atoms with Gasteiger partial charge in [0.2, 0.25) is 5.91 Å². The number of nitrogens with zero attached hydrogens (tertiary/aromatic N) is 7. The van der Waals surface area contributed by atoms with Gasteiger partial charge in [-0.25, -0.2) is 0 Å². The molecule has 2 amide bonds. The second-order valence-electron chi connectivity index (χ2n) is 11.5.